The first-order valence-corrected chi connectivity index (χ1v) is 8.22. The van der Waals surface area contributed by atoms with Gasteiger partial charge in [-0.15, -0.1) is 0 Å². The number of carboxylic acid groups (broad SMARTS) is 2. The molecule has 3 N–H and O–H groups in total. The Labute approximate surface area is 146 Å². The van der Waals surface area contributed by atoms with Gasteiger partial charge in [-0.25, -0.2) is 14.0 Å². The molecule has 140 valence electrons. The average Bonchev–Trinajstić information content (AvgIpc) is 2.52. The Balaban J connectivity index is 0.000000450. The third-order valence-electron chi connectivity index (χ3n) is 4.40. The smallest absolute Gasteiger partial charge is 0.414 e. The van der Waals surface area contributed by atoms with E-state index in [0.717, 1.165) is 32.2 Å². The van der Waals surface area contributed by atoms with Gasteiger partial charge in [-0.2, -0.15) is 0 Å². The van der Waals surface area contributed by atoms with Gasteiger partial charge in [0.25, 0.3) is 0 Å². The van der Waals surface area contributed by atoms with Crippen LogP contribution in [0.3, 0.4) is 0 Å². The number of benzene rings is 1. The molecule has 0 aromatic heterocycles. The van der Waals surface area contributed by atoms with Crippen LogP contribution in [0, 0.1) is 11.7 Å². The first-order valence-electron chi connectivity index (χ1n) is 8.22. The third kappa shape index (κ3) is 6.80. The van der Waals surface area contributed by atoms with Gasteiger partial charge in [0.05, 0.1) is 5.60 Å². The molecule has 2 rings (SSSR count). The van der Waals surface area contributed by atoms with Gasteiger partial charge < -0.3 is 20.2 Å². The first-order chi connectivity index (χ1) is 11.7. The van der Waals surface area contributed by atoms with Gasteiger partial charge in [0.15, 0.2) is 0 Å². The summed E-state index contributed by atoms with van der Waals surface area (Å²) in [7, 11) is 4.05. The van der Waals surface area contributed by atoms with Crippen LogP contribution in [0.5, 0.6) is 0 Å². The largest absolute Gasteiger partial charge is 0.473 e. The van der Waals surface area contributed by atoms with Gasteiger partial charge in [-0.1, -0.05) is 31.0 Å². The Morgan fingerprint density at radius 2 is 1.80 bits per heavy atom. The van der Waals surface area contributed by atoms with Crippen molar-refractivity contribution in [1.29, 1.82) is 0 Å². The predicted molar refractivity (Wildman–Crippen MR) is 90.8 cm³/mol. The van der Waals surface area contributed by atoms with Crippen molar-refractivity contribution in [2.24, 2.45) is 5.92 Å². The lowest BCUT2D eigenvalue weighted by Gasteiger charge is -2.41. The summed E-state index contributed by atoms with van der Waals surface area (Å²) in [6.07, 6.45) is 4.44. The molecule has 1 aromatic rings. The molecule has 1 saturated carbocycles. The van der Waals surface area contributed by atoms with E-state index in [-0.39, 0.29) is 11.7 Å². The second-order valence-electron chi connectivity index (χ2n) is 6.69. The number of carbonyl (C=O) groups is 2. The van der Waals surface area contributed by atoms with E-state index in [9.17, 15) is 9.50 Å². The van der Waals surface area contributed by atoms with Crippen molar-refractivity contribution < 1.29 is 29.3 Å². The van der Waals surface area contributed by atoms with Crippen molar-refractivity contribution in [3.8, 4) is 0 Å². The number of hydrogen-bond acceptors (Lipinski definition) is 4. The number of carboxylic acids is 2. The van der Waals surface area contributed by atoms with E-state index in [2.05, 4.69) is 4.90 Å². The molecule has 25 heavy (non-hydrogen) atoms. The Kier molecular flexibility index (Phi) is 7.99. The lowest BCUT2D eigenvalue weighted by molar-refractivity contribution is -0.159. The minimum absolute atomic E-state index is 0.204. The fourth-order valence-electron chi connectivity index (χ4n) is 3.20. The van der Waals surface area contributed by atoms with E-state index in [1.54, 1.807) is 12.1 Å². The highest BCUT2D eigenvalue weighted by atomic mass is 19.1. The third-order valence-corrected chi connectivity index (χ3v) is 4.40. The van der Waals surface area contributed by atoms with Gasteiger partial charge in [0.2, 0.25) is 0 Å². The Morgan fingerprint density at radius 1 is 1.20 bits per heavy atom. The van der Waals surface area contributed by atoms with Gasteiger partial charge in [-0.3, -0.25) is 0 Å². The fraction of sp³-hybridized carbons (Fsp3) is 0.556. The molecule has 7 heteroatoms. The monoisotopic (exact) mass is 355 g/mol. The molecule has 1 aromatic carbocycles. The summed E-state index contributed by atoms with van der Waals surface area (Å²) in [5.74, 6) is -3.62. The van der Waals surface area contributed by atoms with Gasteiger partial charge in [0.1, 0.15) is 5.82 Å². The Morgan fingerprint density at radius 3 is 2.32 bits per heavy atom. The molecule has 6 nitrogen and oxygen atoms in total. The van der Waals surface area contributed by atoms with Crippen molar-refractivity contribution in [3.63, 3.8) is 0 Å². The molecule has 0 radical (unpaired) electrons. The summed E-state index contributed by atoms with van der Waals surface area (Å²) in [6, 6.07) is 6.80. The highest BCUT2D eigenvalue weighted by Gasteiger charge is 2.39. The molecule has 0 saturated heterocycles. The van der Waals surface area contributed by atoms with Crippen LogP contribution in [0.1, 0.15) is 31.2 Å². The summed E-state index contributed by atoms with van der Waals surface area (Å²) in [5.41, 5.74) is -0.124. The van der Waals surface area contributed by atoms with Crippen molar-refractivity contribution in [3.05, 3.63) is 35.6 Å². The van der Waals surface area contributed by atoms with Crippen LogP contribution in [-0.4, -0.2) is 58.4 Å². The number of hydrogen-bond donors (Lipinski definition) is 3. The number of aliphatic carboxylic acids is 2. The molecule has 0 aliphatic heterocycles. The van der Waals surface area contributed by atoms with Crippen molar-refractivity contribution >= 4 is 11.9 Å². The topological polar surface area (TPSA) is 98.1 Å². The van der Waals surface area contributed by atoms with Gasteiger partial charge >= 0.3 is 11.9 Å². The highest BCUT2D eigenvalue weighted by molar-refractivity contribution is 6.27. The molecular weight excluding hydrogens is 329 g/mol. The van der Waals surface area contributed by atoms with Crippen LogP contribution >= 0.6 is 0 Å². The molecule has 2 atom stereocenters. The molecule has 1 fully saturated rings. The number of aliphatic hydroxyl groups is 1. The van der Waals surface area contributed by atoms with E-state index in [4.69, 9.17) is 19.8 Å². The number of nitrogens with zero attached hydrogens (tertiary/aromatic N) is 1. The maximum Gasteiger partial charge on any atom is 0.414 e. The van der Waals surface area contributed by atoms with Crippen LogP contribution in [0.4, 0.5) is 4.39 Å². The molecule has 0 heterocycles. The quantitative estimate of drug-likeness (QED) is 0.715. The normalized spacial score (nSPS) is 22.8. The first kappa shape index (κ1) is 21.1. The molecular formula is C18H26FNO5. The van der Waals surface area contributed by atoms with E-state index in [0.29, 0.717) is 12.0 Å². The van der Waals surface area contributed by atoms with Crippen LogP contribution in [-0.2, 0) is 16.0 Å². The van der Waals surface area contributed by atoms with Crippen molar-refractivity contribution in [2.75, 3.05) is 20.6 Å². The van der Waals surface area contributed by atoms with Crippen LogP contribution in [0.25, 0.3) is 0 Å². The summed E-state index contributed by atoms with van der Waals surface area (Å²) in [6.45, 7) is 0.866. The second-order valence-corrected chi connectivity index (χ2v) is 6.69. The Bertz CT molecular complexity index is 581. The molecule has 1 aliphatic rings. The lowest BCUT2D eigenvalue weighted by atomic mass is 9.72. The average molecular weight is 355 g/mol. The summed E-state index contributed by atoms with van der Waals surface area (Å²) < 4.78 is 13.8. The van der Waals surface area contributed by atoms with Crippen LogP contribution < -0.4 is 0 Å². The van der Waals surface area contributed by atoms with Crippen LogP contribution in [0.2, 0.25) is 0 Å². The van der Waals surface area contributed by atoms with Gasteiger partial charge in [0, 0.05) is 18.9 Å². The Hall–Kier alpha value is -1.99. The zero-order valence-corrected chi connectivity index (χ0v) is 14.6. The van der Waals surface area contributed by atoms with E-state index in [1.165, 1.54) is 6.07 Å². The zero-order valence-electron chi connectivity index (χ0n) is 14.6. The molecule has 0 amide bonds. The van der Waals surface area contributed by atoms with Crippen molar-refractivity contribution in [2.45, 2.75) is 37.7 Å². The zero-order chi connectivity index (χ0) is 19.0. The SMILES string of the molecule is CN(C)CC1CCCCC1(O)Cc1ccccc1F.O=C(O)C(=O)O. The molecule has 1 aliphatic carbocycles. The minimum Gasteiger partial charge on any atom is -0.473 e. The van der Waals surface area contributed by atoms with Crippen molar-refractivity contribution in [1.82, 2.24) is 4.90 Å². The standard InChI is InChI=1S/C16H24FNO.C2H2O4/c1-18(2)12-14-8-5-6-10-16(14,19)11-13-7-3-4-9-15(13)17;3-1(4)2(5)6/h3-4,7,9,14,19H,5-6,8,10-12H2,1-2H3;(H,3,4)(H,5,6). The van der Waals surface area contributed by atoms with E-state index < -0.39 is 17.5 Å². The lowest BCUT2D eigenvalue weighted by Crippen LogP contribution is -2.47. The maximum absolute atomic E-state index is 13.8. The van der Waals surface area contributed by atoms with Gasteiger partial charge in [-0.05, 0) is 38.6 Å². The maximum atomic E-state index is 13.8. The fourth-order valence-corrected chi connectivity index (χ4v) is 3.20. The summed E-state index contributed by atoms with van der Waals surface area (Å²) in [5, 5.41) is 25.7. The van der Waals surface area contributed by atoms with E-state index in [1.807, 2.05) is 20.2 Å². The van der Waals surface area contributed by atoms with Crippen LogP contribution in [0.15, 0.2) is 24.3 Å². The molecule has 0 bridgehead atoms. The van der Waals surface area contributed by atoms with E-state index >= 15 is 0 Å². The molecule has 2 unspecified atom stereocenters. The number of rotatable bonds is 4. The minimum atomic E-state index is -1.82. The molecule has 0 spiro atoms. The highest BCUT2D eigenvalue weighted by Crippen LogP contribution is 2.37. The number of halogens is 1. The predicted octanol–water partition coefficient (Wildman–Crippen LogP) is 2.01. The summed E-state index contributed by atoms with van der Waals surface area (Å²) >= 11 is 0. The second kappa shape index (κ2) is 9.48. The summed E-state index contributed by atoms with van der Waals surface area (Å²) in [4.78, 5) is 20.3.